The van der Waals surface area contributed by atoms with E-state index in [9.17, 15) is 0 Å². The third-order valence-electron chi connectivity index (χ3n) is 0.885. The number of hydrogen-bond acceptors (Lipinski definition) is 0. The number of benzene rings is 1. The molecule has 0 saturated carbocycles. The normalized spacial score (nSPS) is 7.62. The van der Waals surface area contributed by atoms with Crippen molar-refractivity contribution in [1.82, 2.24) is 0 Å². The molecular formula is C7H8Na. The summed E-state index contributed by atoms with van der Waals surface area (Å²) < 4.78 is 0. The molecule has 0 N–H and O–H groups in total. The molecule has 1 rings (SSSR count). The van der Waals surface area contributed by atoms with Gasteiger partial charge in [0.2, 0.25) is 0 Å². The summed E-state index contributed by atoms with van der Waals surface area (Å²) in [6.07, 6.45) is 0. The van der Waals surface area contributed by atoms with Crippen LogP contribution in [0.5, 0.6) is 0 Å². The quantitative estimate of drug-likeness (QED) is 0.445. The second-order valence-electron chi connectivity index (χ2n) is 1.58. The second-order valence-corrected chi connectivity index (χ2v) is 1.58. The van der Waals surface area contributed by atoms with Crippen molar-refractivity contribution in [2.75, 3.05) is 0 Å². The van der Waals surface area contributed by atoms with Crippen LogP contribution in [0, 0.1) is 13.0 Å². The van der Waals surface area contributed by atoms with Crippen molar-refractivity contribution in [3.8, 4) is 0 Å². The summed E-state index contributed by atoms with van der Waals surface area (Å²) in [6.45, 7) is 2.06. The fraction of sp³-hybridized carbons (Fsp3) is 0.143. The molecular weight excluding hydrogens is 107 g/mol. The summed E-state index contributed by atoms with van der Waals surface area (Å²) in [5.41, 5.74) is 1.29. The van der Waals surface area contributed by atoms with Gasteiger partial charge in [0.15, 0.2) is 0 Å². The van der Waals surface area contributed by atoms with Gasteiger partial charge in [-0.3, -0.25) is 0 Å². The van der Waals surface area contributed by atoms with Gasteiger partial charge in [0.1, 0.15) is 0 Å². The Bertz CT molecular complexity index is 134. The van der Waals surface area contributed by atoms with Crippen molar-refractivity contribution in [1.29, 1.82) is 0 Å². The molecule has 1 aromatic rings. The van der Waals surface area contributed by atoms with Crippen LogP contribution in [-0.4, -0.2) is 29.6 Å². The predicted molar refractivity (Wildman–Crippen MR) is 37.2 cm³/mol. The Hall–Kier alpha value is 0.220. The summed E-state index contributed by atoms with van der Waals surface area (Å²) in [5, 5.41) is 0. The first-order valence-corrected chi connectivity index (χ1v) is 2.32. The molecule has 0 bridgehead atoms. The van der Waals surface area contributed by atoms with E-state index in [4.69, 9.17) is 0 Å². The number of rotatable bonds is 0. The zero-order valence-corrected chi connectivity index (χ0v) is 4.31. The van der Waals surface area contributed by atoms with Crippen LogP contribution in [0.3, 0.4) is 0 Å². The monoisotopic (exact) mass is 115 g/mol. The van der Waals surface area contributed by atoms with Crippen molar-refractivity contribution >= 4 is 29.6 Å². The van der Waals surface area contributed by atoms with Crippen molar-refractivity contribution < 1.29 is 0 Å². The maximum absolute atomic E-state index is 2.93. The van der Waals surface area contributed by atoms with Crippen LogP contribution in [0.15, 0.2) is 24.3 Å². The van der Waals surface area contributed by atoms with E-state index in [0.717, 1.165) is 0 Å². The van der Waals surface area contributed by atoms with Gasteiger partial charge in [-0.05, 0) is 13.0 Å². The Morgan fingerprint density at radius 2 is 1.75 bits per heavy atom. The van der Waals surface area contributed by atoms with Gasteiger partial charge in [-0.1, -0.05) is 29.8 Å². The molecule has 0 saturated heterocycles. The van der Waals surface area contributed by atoms with E-state index in [2.05, 4.69) is 13.0 Å². The molecule has 0 aliphatic rings. The van der Waals surface area contributed by atoms with Crippen molar-refractivity contribution in [3.63, 3.8) is 0 Å². The molecule has 0 atom stereocenters. The van der Waals surface area contributed by atoms with Gasteiger partial charge in [0.25, 0.3) is 0 Å². The molecule has 0 fully saturated rings. The Kier molecular flexibility index (Phi) is 4.25. The molecule has 0 heterocycles. The van der Waals surface area contributed by atoms with Crippen LogP contribution in [0.1, 0.15) is 5.56 Å². The van der Waals surface area contributed by atoms with Gasteiger partial charge in [-0.25, -0.2) is 0 Å². The van der Waals surface area contributed by atoms with Gasteiger partial charge in [0, 0.05) is 0 Å². The molecule has 37 valence electrons. The van der Waals surface area contributed by atoms with Crippen molar-refractivity contribution in [2.24, 2.45) is 0 Å². The third-order valence-corrected chi connectivity index (χ3v) is 0.885. The standard InChI is InChI=1S/C7H7.Na.H/c1-7-5-3-2-4-6-7;;/h3-6H,1H3;;. The molecule has 0 unspecified atom stereocenters. The van der Waals surface area contributed by atoms with E-state index >= 15 is 0 Å². The summed E-state index contributed by atoms with van der Waals surface area (Å²) >= 11 is 0. The number of aryl methyl sites for hydroxylation is 1. The summed E-state index contributed by atoms with van der Waals surface area (Å²) in [4.78, 5) is 0. The topological polar surface area (TPSA) is 0 Å². The summed E-state index contributed by atoms with van der Waals surface area (Å²) in [5.74, 6) is 0. The molecule has 1 aromatic carbocycles. The van der Waals surface area contributed by atoms with E-state index in [0.29, 0.717) is 0 Å². The van der Waals surface area contributed by atoms with E-state index in [-0.39, 0.29) is 29.6 Å². The van der Waals surface area contributed by atoms with Crippen LogP contribution in [-0.2, 0) is 0 Å². The van der Waals surface area contributed by atoms with E-state index < -0.39 is 0 Å². The van der Waals surface area contributed by atoms with Gasteiger partial charge in [-0.15, -0.1) is 0 Å². The molecule has 0 nitrogen and oxygen atoms in total. The molecule has 0 aliphatic carbocycles. The molecule has 1 heteroatoms. The third kappa shape index (κ3) is 2.51. The van der Waals surface area contributed by atoms with Crippen LogP contribution < -0.4 is 0 Å². The van der Waals surface area contributed by atoms with Crippen LogP contribution >= 0.6 is 0 Å². The van der Waals surface area contributed by atoms with Gasteiger partial charge < -0.3 is 0 Å². The van der Waals surface area contributed by atoms with Crippen LogP contribution in [0.25, 0.3) is 0 Å². The SMILES string of the molecule is Cc1cc[c]cc1.[NaH]. The zero-order chi connectivity index (χ0) is 5.11. The molecule has 0 amide bonds. The average Bonchev–Trinajstić information content (AvgIpc) is 1.69. The average molecular weight is 115 g/mol. The number of hydrogen-bond donors (Lipinski definition) is 0. The molecule has 1 radical (unpaired) electrons. The van der Waals surface area contributed by atoms with Gasteiger partial charge in [-0.2, -0.15) is 0 Å². The predicted octanol–water partition coefficient (Wildman–Crippen LogP) is 1.15. The van der Waals surface area contributed by atoms with E-state index in [1.165, 1.54) is 5.56 Å². The Balaban J connectivity index is 0.000000490. The molecule has 0 aromatic heterocycles. The minimum absolute atomic E-state index is 0. The molecule has 0 aliphatic heterocycles. The fourth-order valence-electron chi connectivity index (χ4n) is 0.470. The molecule has 8 heavy (non-hydrogen) atoms. The molecule has 0 spiro atoms. The van der Waals surface area contributed by atoms with Crippen molar-refractivity contribution in [3.05, 3.63) is 35.9 Å². The first-order chi connectivity index (χ1) is 3.39. The van der Waals surface area contributed by atoms with E-state index in [1.807, 2.05) is 24.3 Å². The summed E-state index contributed by atoms with van der Waals surface area (Å²) in [6, 6.07) is 10.8. The maximum atomic E-state index is 2.93. The minimum atomic E-state index is 0. The first-order valence-electron chi connectivity index (χ1n) is 2.32. The first kappa shape index (κ1) is 8.22. The Labute approximate surface area is 72.2 Å². The van der Waals surface area contributed by atoms with Gasteiger partial charge in [0.05, 0.1) is 0 Å². The van der Waals surface area contributed by atoms with Crippen LogP contribution in [0.2, 0.25) is 0 Å². The Morgan fingerprint density at radius 1 is 1.25 bits per heavy atom. The van der Waals surface area contributed by atoms with Crippen molar-refractivity contribution in [2.45, 2.75) is 6.92 Å². The Morgan fingerprint density at radius 3 is 2.00 bits per heavy atom. The fourth-order valence-corrected chi connectivity index (χ4v) is 0.470. The van der Waals surface area contributed by atoms with Gasteiger partial charge >= 0.3 is 29.6 Å². The van der Waals surface area contributed by atoms with Crippen LogP contribution in [0.4, 0.5) is 0 Å². The second kappa shape index (κ2) is 4.13. The summed E-state index contributed by atoms with van der Waals surface area (Å²) in [7, 11) is 0. The zero-order valence-electron chi connectivity index (χ0n) is 4.31. The van der Waals surface area contributed by atoms with E-state index in [1.54, 1.807) is 0 Å².